The van der Waals surface area contributed by atoms with Crippen molar-refractivity contribution in [2.45, 2.75) is 18.5 Å². The third-order valence-corrected chi connectivity index (χ3v) is 2.50. The molecule has 4 N–H and O–H groups in total. The lowest BCUT2D eigenvalue weighted by Gasteiger charge is -2.28. The molecule has 0 aromatic carbocycles. The van der Waals surface area contributed by atoms with Crippen LogP contribution in [0, 0.1) is 5.92 Å². The summed E-state index contributed by atoms with van der Waals surface area (Å²) in [5, 5.41) is 5.97. The van der Waals surface area contributed by atoms with E-state index in [2.05, 4.69) is 10.6 Å². The number of rotatable bonds is 0. The lowest BCUT2D eigenvalue weighted by molar-refractivity contribution is -0.121. The third kappa shape index (κ3) is 1.12. The van der Waals surface area contributed by atoms with E-state index in [1.165, 1.54) is 0 Å². The van der Waals surface area contributed by atoms with E-state index >= 15 is 0 Å². The van der Waals surface area contributed by atoms with Gasteiger partial charge < -0.3 is 16.4 Å². The van der Waals surface area contributed by atoms with Crippen LogP contribution in [0.25, 0.3) is 0 Å². The van der Waals surface area contributed by atoms with Crippen molar-refractivity contribution < 1.29 is 4.79 Å². The minimum Gasteiger partial charge on any atom is -0.354 e. The van der Waals surface area contributed by atoms with Gasteiger partial charge >= 0.3 is 0 Å². The van der Waals surface area contributed by atoms with Gasteiger partial charge in [-0.05, 0) is 6.42 Å². The van der Waals surface area contributed by atoms with E-state index in [0.717, 1.165) is 19.5 Å². The van der Waals surface area contributed by atoms with Crippen molar-refractivity contribution in [2.75, 3.05) is 13.1 Å². The van der Waals surface area contributed by atoms with Crippen molar-refractivity contribution in [1.29, 1.82) is 0 Å². The van der Waals surface area contributed by atoms with Gasteiger partial charge in [0.15, 0.2) is 0 Å². The first-order valence-corrected chi connectivity index (χ1v) is 4.04. The summed E-state index contributed by atoms with van der Waals surface area (Å²) in [6, 6.07) is 0.263. The van der Waals surface area contributed by atoms with Gasteiger partial charge in [0.1, 0.15) is 0 Å². The lowest BCUT2D eigenvalue weighted by Crippen LogP contribution is -2.51. The van der Waals surface area contributed by atoms with Crippen molar-refractivity contribution in [2.24, 2.45) is 11.7 Å². The zero-order chi connectivity index (χ0) is 7.84. The molecular formula is C7H13N3O. The highest BCUT2D eigenvalue weighted by Gasteiger charge is 2.38. The van der Waals surface area contributed by atoms with Gasteiger partial charge in [0, 0.05) is 25.0 Å². The average Bonchev–Trinajstić information content (AvgIpc) is 2.32. The Morgan fingerprint density at radius 3 is 3.09 bits per heavy atom. The summed E-state index contributed by atoms with van der Waals surface area (Å²) in [5.74, 6) is 0.563. The molecule has 2 aliphatic heterocycles. The van der Waals surface area contributed by atoms with Crippen LogP contribution in [0.5, 0.6) is 0 Å². The van der Waals surface area contributed by atoms with Gasteiger partial charge in [-0.2, -0.15) is 0 Å². The molecule has 4 nitrogen and oxygen atoms in total. The number of fused-ring (bicyclic) bond motifs is 1. The predicted octanol–water partition coefficient (Wildman–Crippen LogP) is -1.58. The molecule has 1 amide bonds. The van der Waals surface area contributed by atoms with Gasteiger partial charge in [-0.3, -0.25) is 4.79 Å². The summed E-state index contributed by atoms with van der Waals surface area (Å²) in [6.45, 7) is 1.57. The van der Waals surface area contributed by atoms with Crippen molar-refractivity contribution in [3.05, 3.63) is 0 Å². The molecule has 0 bridgehead atoms. The average molecular weight is 155 g/mol. The van der Waals surface area contributed by atoms with Gasteiger partial charge in [0.2, 0.25) is 5.91 Å². The van der Waals surface area contributed by atoms with Crippen molar-refractivity contribution >= 4 is 5.91 Å². The van der Waals surface area contributed by atoms with Crippen LogP contribution in [-0.4, -0.2) is 31.1 Å². The fraction of sp³-hybridized carbons (Fsp3) is 0.857. The van der Waals surface area contributed by atoms with Gasteiger partial charge in [0.25, 0.3) is 0 Å². The first-order valence-electron chi connectivity index (χ1n) is 4.04. The summed E-state index contributed by atoms with van der Waals surface area (Å²) in [5.41, 5.74) is 5.73. The van der Waals surface area contributed by atoms with Crippen molar-refractivity contribution in [3.63, 3.8) is 0 Å². The van der Waals surface area contributed by atoms with E-state index in [-0.39, 0.29) is 18.0 Å². The smallest absolute Gasteiger partial charge is 0.237 e. The quantitative estimate of drug-likeness (QED) is 0.395. The van der Waals surface area contributed by atoms with Crippen LogP contribution in [0.15, 0.2) is 0 Å². The van der Waals surface area contributed by atoms with Gasteiger partial charge in [-0.15, -0.1) is 0 Å². The Hall–Kier alpha value is -0.610. The highest BCUT2D eigenvalue weighted by atomic mass is 16.2. The molecule has 0 aliphatic carbocycles. The van der Waals surface area contributed by atoms with Crippen LogP contribution in [0.3, 0.4) is 0 Å². The molecule has 11 heavy (non-hydrogen) atoms. The van der Waals surface area contributed by atoms with Crippen molar-refractivity contribution in [1.82, 2.24) is 10.6 Å². The molecule has 3 unspecified atom stereocenters. The Balaban J connectivity index is 2.06. The number of hydrogen-bond donors (Lipinski definition) is 3. The molecule has 2 rings (SSSR count). The summed E-state index contributed by atoms with van der Waals surface area (Å²) >= 11 is 0. The molecular weight excluding hydrogens is 142 g/mol. The molecule has 0 aromatic heterocycles. The first-order chi connectivity index (χ1) is 5.27. The minimum atomic E-state index is 0.0369. The van der Waals surface area contributed by atoms with Crippen LogP contribution in [-0.2, 0) is 4.79 Å². The number of piperidine rings is 1. The Morgan fingerprint density at radius 2 is 2.27 bits per heavy atom. The number of amides is 1. The molecule has 0 spiro atoms. The first kappa shape index (κ1) is 7.06. The Kier molecular flexibility index (Phi) is 1.58. The maximum atomic E-state index is 11.1. The van der Waals surface area contributed by atoms with E-state index < -0.39 is 0 Å². The number of nitrogens with two attached hydrogens (primary N) is 1. The third-order valence-electron chi connectivity index (χ3n) is 2.50. The molecule has 62 valence electrons. The minimum absolute atomic E-state index is 0.0369. The molecule has 2 fully saturated rings. The number of carbonyl (C=O) groups is 1. The normalized spacial score (nSPS) is 43.4. The van der Waals surface area contributed by atoms with E-state index in [1.807, 2.05) is 0 Å². The summed E-state index contributed by atoms with van der Waals surface area (Å²) in [6.07, 6.45) is 0.969. The number of carbonyl (C=O) groups excluding carboxylic acids is 1. The summed E-state index contributed by atoms with van der Waals surface area (Å²) in [7, 11) is 0. The van der Waals surface area contributed by atoms with Gasteiger partial charge in [0.05, 0.1) is 6.04 Å². The van der Waals surface area contributed by atoms with Crippen LogP contribution in [0.4, 0.5) is 0 Å². The lowest BCUT2D eigenvalue weighted by atomic mass is 9.91. The monoisotopic (exact) mass is 155 g/mol. The zero-order valence-electron chi connectivity index (χ0n) is 6.34. The standard InChI is InChI=1S/C7H13N3O/c8-5-1-4-2-10-7(11)6(4)9-3-5/h4-6,9H,1-3,8H2,(H,10,11). The van der Waals surface area contributed by atoms with Crippen LogP contribution in [0.2, 0.25) is 0 Å². The van der Waals surface area contributed by atoms with Crippen LogP contribution in [0.1, 0.15) is 6.42 Å². The largest absolute Gasteiger partial charge is 0.354 e. The van der Waals surface area contributed by atoms with Crippen LogP contribution >= 0.6 is 0 Å². The highest BCUT2D eigenvalue weighted by molar-refractivity contribution is 5.84. The van der Waals surface area contributed by atoms with Gasteiger partial charge in [-0.25, -0.2) is 0 Å². The maximum absolute atomic E-state index is 11.1. The second-order valence-electron chi connectivity index (χ2n) is 3.39. The van der Waals surface area contributed by atoms with E-state index in [0.29, 0.717) is 5.92 Å². The Bertz CT molecular complexity index is 183. The SMILES string of the molecule is NC1CNC2C(=O)NCC2C1. The second-order valence-corrected chi connectivity index (χ2v) is 3.39. The summed E-state index contributed by atoms with van der Waals surface area (Å²) in [4.78, 5) is 11.1. The molecule has 2 saturated heterocycles. The predicted molar refractivity (Wildman–Crippen MR) is 40.9 cm³/mol. The molecule has 3 atom stereocenters. The molecule has 0 aromatic rings. The Labute approximate surface area is 65.5 Å². The van der Waals surface area contributed by atoms with Crippen LogP contribution < -0.4 is 16.4 Å². The molecule has 2 heterocycles. The highest BCUT2D eigenvalue weighted by Crippen LogP contribution is 2.19. The summed E-state index contributed by atoms with van der Waals surface area (Å²) < 4.78 is 0. The zero-order valence-corrected chi connectivity index (χ0v) is 6.34. The molecule has 0 radical (unpaired) electrons. The van der Waals surface area contributed by atoms with E-state index in [4.69, 9.17) is 5.73 Å². The Morgan fingerprint density at radius 1 is 1.45 bits per heavy atom. The number of hydrogen-bond acceptors (Lipinski definition) is 3. The molecule has 0 saturated carbocycles. The second kappa shape index (κ2) is 2.46. The number of nitrogens with one attached hydrogen (secondary N) is 2. The molecule has 4 heteroatoms. The fourth-order valence-corrected chi connectivity index (χ4v) is 1.90. The topological polar surface area (TPSA) is 67.1 Å². The van der Waals surface area contributed by atoms with Crippen molar-refractivity contribution in [3.8, 4) is 0 Å². The fourth-order valence-electron chi connectivity index (χ4n) is 1.90. The van der Waals surface area contributed by atoms with Gasteiger partial charge in [-0.1, -0.05) is 0 Å². The maximum Gasteiger partial charge on any atom is 0.237 e. The molecule has 2 aliphatic rings. The van der Waals surface area contributed by atoms with E-state index in [9.17, 15) is 4.79 Å². The van der Waals surface area contributed by atoms with E-state index in [1.54, 1.807) is 0 Å².